The van der Waals surface area contributed by atoms with Crippen molar-refractivity contribution in [2.24, 2.45) is 0 Å². The van der Waals surface area contributed by atoms with Crippen LogP contribution in [0.3, 0.4) is 0 Å². The third-order valence-corrected chi connectivity index (χ3v) is 14.4. The molecule has 0 aliphatic heterocycles. The number of Topliss-reactive ketones (excluding diaryl/α,β-unsaturated/α-hetero) is 1. The average molecular weight is 421 g/mol. The van der Waals surface area contributed by atoms with E-state index in [0.29, 0.717) is 23.0 Å². The first-order valence-electron chi connectivity index (χ1n) is 11.2. The quantitative estimate of drug-likeness (QED) is 0.444. The Bertz CT molecular complexity index is 891. The molecule has 2 aromatic carbocycles. The van der Waals surface area contributed by atoms with Crippen LogP contribution in [0, 0.1) is 0 Å². The van der Waals surface area contributed by atoms with Crippen LogP contribution in [0.4, 0.5) is 0 Å². The zero-order valence-electron chi connectivity index (χ0n) is 19.5. The van der Waals surface area contributed by atoms with Gasteiger partial charge in [-0.15, -0.1) is 0 Å². The molecule has 0 spiro atoms. The number of hydrogen-bond donors (Lipinski definition) is 0. The molecule has 0 aromatic heterocycles. The van der Waals surface area contributed by atoms with E-state index in [2.05, 4.69) is 77.9 Å². The first kappa shape index (κ1) is 22.7. The maximum absolute atomic E-state index is 14.0. The molecule has 3 rings (SSSR count). The molecule has 0 N–H and O–H groups in total. The second-order valence-electron chi connectivity index (χ2n) is 9.51. The Kier molecular flexibility index (Phi) is 6.54. The van der Waals surface area contributed by atoms with E-state index in [4.69, 9.17) is 4.74 Å². The fourth-order valence-electron chi connectivity index (χ4n) is 6.30. The molecular formula is C27H36O2Si. The van der Waals surface area contributed by atoms with Gasteiger partial charge in [-0.2, -0.15) is 0 Å². The Labute approximate surface area is 183 Å². The SMILES string of the molecule is CO[C@@]1(c2ccccc2)CC(=O)C([Si](C(C)C)(C(C)C)C(C)C)=C1c1ccccc1. The Morgan fingerprint density at radius 3 is 1.70 bits per heavy atom. The van der Waals surface area contributed by atoms with Crippen LogP contribution in [-0.4, -0.2) is 21.0 Å². The highest BCUT2D eigenvalue weighted by molar-refractivity contribution is 6.94. The molecular weight excluding hydrogens is 384 g/mol. The lowest BCUT2D eigenvalue weighted by Gasteiger charge is -2.45. The molecule has 2 nitrogen and oxygen atoms in total. The molecule has 1 aliphatic rings. The van der Waals surface area contributed by atoms with Crippen LogP contribution >= 0.6 is 0 Å². The normalized spacial score (nSPS) is 20.1. The van der Waals surface area contributed by atoms with Crippen LogP contribution in [-0.2, 0) is 15.1 Å². The van der Waals surface area contributed by atoms with Gasteiger partial charge >= 0.3 is 0 Å². The molecule has 1 atom stereocenters. The van der Waals surface area contributed by atoms with Gasteiger partial charge in [0.05, 0.1) is 8.07 Å². The molecule has 160 valence electrons. The van der Waals surface area contributed by atoms with Crippen molar-refractivity contribution >= 4 is 19.4 Å². The fraction of sp³-hybridized carbons (Fsp3) is 0.444. The molecule has 2 aromatic rings. The highest BCUT2D eigenvalue weighted by Crippen LogP contribution is 2.57. The van der Waals surface area contributed by atoms with Crippen LogP contribution in [0.2, 0.25) is 16.6 Å². The largest absolute Gasteiger partial charge is 0.368 e. The van der Waals surface area contributed by atoms with E-state index in [1.807, 2.05) is 24.3 Å². The zero-order chi connectivity index (χ0) is 22.1. The number of carbonyl (C=O) groups excluding carboxylic acids is 1. The Morgan fingerprint density at radius 1 is 0.800 bits per heavy atom. The maximum atomic E-state index is 14.0. The summed E-state index contributed by atoms with van der Waals surface area (Å²) >= 11 is 0. The molecule has 0 fully saturated rings. The Balaban J connectivity index is 2.48. The minimum Gasteiger partial charge on any atom is -0.368 e. The molecule has 30 heavy (non-hydrogen) atoms. The van der Waals surface area contributed by atoms with Crippen LogP contribution in [0.25, 0.3) is 5.57 Å². The number of carbonyl (C=O) groups is 1. The van der Waals surface area contributed by atoms with Crippen molar-refractivity contribution in [3.05, 3.63) is 77.0 Å². The average Bonchev–Trinajstić information content (AvgIpc) is 3.03. The summed E-state index contributed by atoms with van der Waals surface area (Å²) in [6.07, 6.45) is 0.383. The van der Waals surface area contributed by atoms with Crippen LogP contribution < -0.4 is 0 Å². The van der Waals surface area contributed by atoms with Gasteiger partial charge < -0.3 is 4.74 Å². The van der Waals surface area contributed by atoms with E-state index in [0.717, 1.165) is 21.9 Å². The van der Waals surface area contributed by atoms with Gasteiger partial charge in [-0.1, -0.05) is 102 Å². The molecule has 0 bridgehead atoms. The highest BCUT2D eigenvalue weighted by Gasteiger charge is 2.57. The van der Waals surface area contributed by atoms with Crippen molar-refractivity contribution < 1.29 is 9.53 Å². The van der Waals surface area contributed by atoms with Gasteiger partial charge in [-0.05, 0) is 38.5 Å². The van der Waals surface area contributed by atoms with Crippen molar-refractivity contribution in [2.45, 2.75) is 70.2 Å². The summed E-state index contributed by atoms with van der Waals surface area (Å²) in [5.41, 5.74) is 3.93. The van der Waals surface area contributed by atoms with Gasteiger partial charge in [0.2, 0.25) is 0 Å². The first-order valence-corrected chi connectivity index (χ1v) is 13.4. The molecule has 0 radical (unpaired) electrons. The molecule has 1 aliphatic carbocycles. The number of rotatable bonds is 7. The molecule has 3 heteroatoms. The third kappa shape index (κ3) is 3.32. The van der Waals surface area contributed by atoms with Gasteiger partial charge in [0.25, 0.3) is 0 Å². The summed E-state index contributed by atoms with van der Waals surface area (Å²) < 4.78 is 6.33. The summed E-state index contributed by atoms with van der Waals surface area (Å²) in [4.78, 5) is 14.0. The summed E-state index contributed by atoms with van der Waals surface area (Å²) in [5.74, 6) is 0.280. The van der Waals surface area contributed by atoms with Crippen LogP contribution in [0.15, 0.2) is 65.9 Å². The van der Waals surface area contributed by atoms with Gasteiger partial charge in [-0.25, -0.2) is 0 Å². The van der Waals surface area contributed by atoms with Gasteiger partial charge in [-0.3, -0.25) is 4.79 Å². The van der Waals surface area contributed by atoms with E-state index in [1.165, 1.54) is 0 Å². The number of methoxy groups -OCH3 is 1. The van der Waals surface area contributed by atoms with Gasteiger partial charge in [0.1, 0.15) is 5.60 Å². The van der Waals surface area contributed by atoms with E-state index in [1.54, 1.807) is 7.11 Å². The summed E-state index contributed by atoms with van der Waals surface area (Å²) in [6.45, 7) is 13.9. The first-order chi connectivity index (χ1) is 14.2. The zero-order valence-corrected chi connectivity index (χ0v) is 20.5. The second-order valence-corrected chi connectivity index (χ2v) is 15.3. The van der Waals surface area contributed by atoms with Gasteiger partial charge in [0.15, 0.2) is 5.78 Å². The van der Waals surface area contributed by atoms with Crippen molar-refractivity contribution in [2.75, 3.05) is 7.11 Å². The predicted molar refractivity (Wildman–Crippen MR) is 129 cm³/mol. The Hall–Kier alpha value is -1.97. The molecule has 0 saturated carbocycles. The van der Waals surface area contributed by atoms with Crippen molar-refractivity contribution in [1.82, 2.24) is 0 Å². The predicted octanol–water partition coefficient (Wildman–Crippen LogP) is 7.17. The van der Waals surface area contributed by atoms with Gasteiger partial charge in [0, 0.05) is 13.5 Å². The molecule has 0 saturated heterocycles. The monoisotopic (exact) mass is 420 g/mol. The molecule has 0 unspecified atom stereocenters. The van der Waals surface area contributed by atoms with Crippen LogP contribution in [0.5, 0.6) is 0 Å². The number of allylic oxidation sites excluding steroid dienone is 1. The number of ether oxygens (including phenoxy) is 1. The lowest BCUT2D eigenvalue weighted by Crippen LogP contribution is -2.48. The standard InChI is InChI=1S/C27H36O2Si/c1-19(2)30(20(3)4,21(5)6)26-24(28)18-27(29-7,23-16-12-9-13-17-23)25(26)22-14-10-8-11-15-22/h8-17,19-21H,18H2,1-7H3/t27-/m1/s1. The minimum absolute atomic E-state index is 0.280. The van der Waals surface area contributed by atoms with E-state index >= 15 is 0 Å². The lowest BCUT2D eigenvalue weighted by atomic mass is 9.83. The summed E-state index contributed by atoms with van der Waals surface area (Å²) in [5, 5.41) is 1.11. The van der Waals surface area contributed by atoms with Crippen molar-refractivity contribution in [1.29, 1.82) is 0 Å². The van der Waals surface area contributed by atoms with Crippen LogP contribution in [0.1, 0.15) is 59.1 Å². The van der Waals surface area contributed by atoms with E-state index < -0.39 is 13.7 Å². The summed E-state index contributed by atoms with van der Waals surface area (Å²) in [6, 6.07) is 20.8. The maximum Gasteiger partial charge on any atom is 0.158 e. The van der Waals surface area contributed by atoms with E-state index in [-0.39, 0.29) is 5.78 Å². The van der Waals surface area contributed by atoms with Crippen molar-refractivity contribution in [3.8, 4) is 0 Å². The second kappa shape index (κ2) is 8.64. The number of ketones is 1. The highest BCUT2D eigenvalue weighted by atomic mass is 28.3. The third-order valence-electron chi connectivity index (χ3n) is 7.29. The lowest BCUT2D eigenvalue weighted by molar-refractivity contribution is -0.117. The topological polar surface area (TPSA) is 26.3 Å². The molecule has 0 amide bonds. The fourth-order valence-corrected chi connectivity index (χ4v) is 13.4. The Morgan fingerprint density at radius 2 is 1.27 bits per heavy atom. The molecule has 0 heterocycles. The number of benzene rings is 2. The number of hydrogen-bond acceptors (Lipinski definition) is 2. The van der Waals surface area contributed by atoms with E-state index in [9.17, 15) is 4.79 Å². The minimum atomic E-state index is -2.19. The smallest absolute Gasteiger partial charge is 0.158 e. The van der Waals surface area contributed by atoms with Crippen molar-refractivity contribution in [3.63, 3.8) is 0 Å². The summed E-state index contributed by atoms with van der Waals surface area (Å²) in [7, 11) is -0.432.